The Hall–Kier alpha value is -2.63. The van der Waals surface area contributed by atoms with E-state index in [0.29, 0.717) is 6.07 Å². The van der Waals surface area contributed by atoms with Crippen LogP contribution in [0.1, 0.15) is 34.6 Å². The average Bonchev–Trinajstić information content (AvgIpc) is 2.34. The number of pyridine rings is 1. The van der Waals surface area contributed by atoms with Crippen molar-refractivity contribution in [2.24, 2.45) is 0 Å². The number of hydrogen-bond acceptors (Lipinski definition) is 5. The van der Waals surface area contributed by atoms with Crippen LogP contribution < -0.4 is 0 Å². The lowest BCUT2D eigenvalue weighted by atomic mass is 10.1. The summed E-state index contributed by atoms with van der Waals surface area (Å²) in [5.74, 6) is -3.83. The molecule has 0 unspecified atom stereocenters. The molecule has 0 radical (unpaired) electrons. The van der Waals surface area contributed by atoms with Crippen LogP contribution in [-0.4, -0.2) is 26.9 Å². The summed E-state index contributed by atoms with van der Waals surface area (Å²) in [5, 5.41) is 26.4. The molecule has 0 aliphatic rings. The number of carbonyl (C=O) groups is 2. The van der Waals surface area contributed by atoms with Crippen LogP contribution in [0.25, 0.3) is 0 Å². The number of ketones is 1. The molecule has 1 heterocycles. The van der Waals surface area contributed by atoms with Gasteiger partial charge in [-0.25, -0.2) is 4.98 Å². The van der Waals surface area contributed by atoms with Gasteiger partial charge in [0.25, 0.3) is 0 Å². The smallest absolute Gasteiger partial charge is 0.420 e. The van der Waals surface area contributed by atoms with Crippen molar-refractivity contribution < 1.29 is 33.0 Å². The maximum Gasteiger partial charge on any atom is 0.420 e. The summed E-state index contributed by atoms with van der Waals surface area (Å²) in [4.78, 5) is 25.1. The Morgan fingerprint density at radius 3 is 2.40 bits per heavy atom. The van der Waals surface area contributed by atoms with Gasteiger partial charge in [-0.2, -0.15) is 18.4 Å². The quantitative estimate of drug-likeness (QED) is 0.816. The second-order valence-electron chi connectivity index (χ2n) is 3.68. The molecule has 1 rings (SSSR count). The lowest BCUT2D eigenvalue weighted by Crippen LogP contribution is -2.13. The van der Waals surface area contributed by atoms with Gasteiger partial charge in [0.1, 0.15) is 23.0 Å². The number of Topliss-reactive ketones (excluding diaryl/α,β-unsaturated/α-hetero) is 1. The van der Waals surface area contributed by atoms with E-state index in [-0.39, 0.29) is 0 Å². The maximum atomic E-state index is 12.6. The van der Waals surface area contributed by atoms with Crippen LogP contribution in [0.3, 0.4) is 0 Å². The lowest BCUT2D eigenvalue weighted by Gasteiger charge is -2.11. The monoisotopic (exact) mass is 288 g/mol. The molecular formula is C11H7F3N2O4. The highest BCUT2D eigenvalue weighted by Crippen LogP contribution is 2.37. The van der Waals surface area contributed by atoms with E-state index in [0.717, 1.165) is 0 Å². The van der Waals surface area contributed by atoms with Crippen LogP contribution in [0.15, 0.2) is 6.07 Å². The molecule has 2 N–H and O–H groups in total. The Labute approximate surface area is 110 Å². The molecule has 0 spiro atoms. The number of carbonyl (C=O) groups excluding carboxylic acids is 1. The third-order valence-corrected chi connectivity index (χ3v) is 2.24. The number of halogens is 3. The summed E-state index contributed by atoms with van der Waals surface area (Å²) in [6, 6.07) is 1.64. The molecule has 0 aliphatic heterocycles. The van der Waals surface area contributed by atoms with Gasteiger partial charge in [0.05, 0.1) is 6.42 Å². The van der Waals surface area contributed by atoms with E-state index in [9.17, 15) is 27.9 Å². The SMILES string of the molecule is N#Cc1cc(C(F)(F)F)c(O)c(C(=O)CCC(=O)O)n1. The van der Waals surface area contributed by atoms with Gasteiger partial charge < -0.3 is 10.2 Å². The van der Waals surface area contributed by atoms with Crippen molar-refractivity contribution in [3.05, 3.63) is 23.0 Å². The molecule has 1 aromatic rings. The Morgan fingerprint density at radius 2 is 1.95 bits per heavy atom. The number of carboxylic acid groups (broad SMARTS) is 1. The minimum absolute atomic E-state index is 0.309. The first-order valence-corrected chi connectivity index (χ1v) is 5.13. The standard InChI is InChI=1S/C11H7F3N2O4/c12-11(13,14)6-3-5(4-15)16-9(10(6)20)7(17)1-2-8(18)19/h3,20H,1-2H2,(H,18,19). The Bertz CT molecular complexity index is 605. The molecule has 1 aromatic heterocycles. The van der Waals surface area contributed by atoms with Crippen molar-refractivity contribution in [1.82, 2.24) is 4.98 Å². The number of alkyl halides is 3. The second kappa shape index (κ2) is 5.56. The molecule has 106 valence electrons. The summed E-state index contributed by atoms with van der Waals surface area (Å²) in [7, 11) is 0. The van der Waals surface area contributed by atoms with E-state index in [1.165, 1.54) is 6.07 Å². The Balaban J connectivity index is 3.30. The van der Waals surface area contributed by atoms with Gasteiger partial charge in [-0.1, -0.05) is 0 Å². The number of hydrogen-bond donors (Lipinski definition) is 2. The largest absolute Gasteiger partial charge is 0.505 e. The van der Waals surface area contributed by atoms with Gasteiger partial charge in [0, 0.05) is 6.42 Å². The molecule has 0 atom stereocenters. The van der Waals surface area contributed by atoms with E-state index in [2.05, 4.69) is 4.98 Å². The number of aliphatic carboxylic acids is 1. The zero-order chi connectivity index (χ0) is 15.5. The molecule has 0 fully saturated rings. The molecular weight excluding hydrogens is 281 g/mol. The Morgan fingerprint density at radius 1 is 1.35 bits per heavy atom. The summed E-state index contributed by atoms with van der Waals surface area (Å²) in [6.45, 7) is 0. The van der Waals surface area contributed by atoms with Gasteiger partial charge in [0.2, 0.25) is 0 Å². The molecule has 0 saturated heterocycles. The zero-order valence-corrected chi connectivity index (χ0v) is 9.73. The third kappa shape index (κ3) is 3.44. The summed E-state index contributed by atoms with van der Waals surface area (Å²) in [6.07, 6.45) is -6.24. The average molecular weight is 288 g/mol. The van der Waals surface area contributed by atoms with Crippen molar-refractivity contribution in [1.29, 1.82) is 5.26 Å². The van der Waals surface area contributed by atoms with Crippen LogP contribution in [0, 0.1) is 11.3 Å². The highest BCUT2D eigenvalue weighted by atomic mass is 19.4. The minimum atomic E-state index is -4.97. The molecule has 9 heteroatoms. The number of rotatable bonds is 4. The maximum absolute atomic E-state index is 12.6. The number of aromatic nitrogens is 1. The number of carboxylic acids is 1. The van der Waals surface area contributed by atoms with Crippen molar-refractivity contribution in [3.63, 3.8) is 0 Å². The van der Waals surface area contributed by atoms with Gasteiger partial charge in [-0.15, -0.1) is 0 Å². The van der Waals surface area contributed by atoms with Crippen LogP contribution in [-0.2, 0) is 11.0 Å². The van der Waals surface area contributed by atoms with E-state index in [4.69, 9.17) is 10.4 Å². The van der Waals surface area contributed by atoms with E-state index < -0.39 is 53.5 Å². The number of nitriles is 1. The Kier molecular flexibility index (Phi) is 4.29. The third-order valence-electron chi connectivity index (χ3n) is 2.24. The molecule has 0 amide bonds. The van der Waals surface area contributed by atoms with Crippen LogP contribution in [0.5, 0.6) is 5.75 Å². The van der Waals surface area contributed by atoms with Crippen molar-refractivity contribution in [3.8, 4) is 11.8 Å². The topological polar surface area (TPSA) is 111 Å². The van der Waals surface area contributed by atoms with E-state index in [1.807, 2.05) is 0 Å². The lowest BCUT2D eigenvalue weighted by molar-refractivity contribution is -0.139. The molecule has 0 aromatic carbocycles. The molecule has 0 aliphatic carbocycles. The van der Waals surface area contributed by atoms with Gasteiger partial charge in [-0.05, 0) is 6.07 Å². The first-order chi connectivity index (χ1) is 9.16. The second-order valence-corrected chi connectivity index (χ2v) is 3.68. The molecule has 6 nitrogen and oxygen atoms in total. The minimum Gasteiger partial charge on any atom is -0.505 e. The van der Waals surface area contributed by atoms with E-state index >= 15 is 0 Å². The number of nitrogens with zero attached hydrogens (tertiary/aromatic N) is 2. The van der Waals surface area contributed by atoms with Gasteiger partial charge >= 0.3 is 12.1 Å². The normalized spacial score (nSPS) is 10.9. The predicted molar refractivity (Wildman–Crippen MR) is 56.8 cm³/mol. The van der Waals surface area contributed by atoms with Gasteiger partial charge in [0.15, 0.2) is 11.5 Å². The van der Waals surface area contributed by atoms with Crippen molar-refractivity contribution in [2.45, 2.75) is 19.0 Å². The van der Waals surface area contributed by atoms with Crippen LogP contribution >= 0.6 is 0 Å². The summed E-state index contributed by atoms with van der Waals surface area (Å²) in [5.41, 5.74) is -3.23. The van der Waals surface area contributed by atoms with Crippen LogP contribution in [0.2, 0.25) is 0 Å². The summed E-state index contributed by atoms with van der Waals surface area (Å²) < 4.78 is 37.9. The fourth-order valence-corrected chi connectivity index (χ4v) is 1.34. The van der Waals surface area contributed by atoms with Crippen LogP contribution in [0.4, 0.5) is 13.2 Å². The van der Waals surface area contributed by atoms with Crippen molar-refractivity contribution in [2.75, 3.05) is 0 Å². The van der Waals surface area contributed by atoms with Crippen molar-refractivity contribution >= 4 is 11.8 Å². The molecule has 20 heavy (non-hydrogen) atoms. The summed E-state index contributed by atoms with van der Waals surface area (Å²) >= 11 is 0. The zero-order valence-electron chi connectivity index (χ0n) is 9.73. The first-order valence-electron chi connectivity index (χ1n) is 5.13. The predicted octanol–water partition coefficient (Wildman–Crippen LogP) is 1.73. The molecule has 0 saturated carbocycles. The molecule has 0 bridgehead atoms. The van der Waals surface area contributed by atoms with E-state index in [1.54, 1.807) is 0 Å². The fourth-order valence-electron chi connectivity index (χ4n) is 1.34. The highest BCUT2D eigenvalue weighted by Gasteiger charge is 2.37. The highest BCUT2D eigenvalue weighted by molar-refractivity contribution is 5.98. The number of aromatic hydroxyl groups is 1. The first kappa shape index (κ1) is 15.4. The van der Waals surface area contributed by atoms with Gasteiger partial charge in [-0.3, -0.25) is 9.59 Å². The fraction of sp³-hybridized carbons (Fsp3) is 0.273.